The zero-order valence-electron chi connectivity index (χ0n) is 7.06. The van der Waals surface area contributed by atoms with Gasteiger partial charge in [-0.25, -0.2) is 0 Å². The fourth-order valence-electron chi connectivity index (χ4n) is 0.885. The van der Waals surface area contributed by atoms with Crippen molar-refractivity contribution < 1.29 is 19.2 Å². The van der Waals surface area contributed by atoms with Crippen LogP contribution in [0.25, 0.3) is 0 Å². The molecule has 14 heavy (non-hydrogen) atoms. The second-order valence-corrected chi connectivity index (χ2v) is 2.84. The zero-order chi connectivity index (χ0) is 10.6. The van der Waals surface area contributed by atoms with Crippen LogP contribution in [0.15, 0.2) is 4.99 Å². The number of aliphatic imine (C=N–C) groups is 1. The van der Waals surface area contributed by atoms with Gasteiger partial charge in [0, 0.05) is 0 Å². The van der Waals surface area contributed by atoms with Gasteiger partial charge in [0.15, 0.2) is 0 Å². The number of carbonyl (C=O) groups excluding carboxylic acids is 3. The van der Waals surface area contributed by atoms with Crippen molar-refractivity contribution in [3.05, 3.63) is 0 Å². The molecule has 0 aliphatic carbocycles. The number of imide groups is 1. The first-order valence-electron chi connectivity index (χ1n) is 3.75. The van der Waals surface area contributed by atoms with Gasteiger partial charge in [-0.15, -0.1) is 0 Å². The standard InChI is InChI=1S/C7H6N2O4Se/c10-5-1-2-6(11)9(5)13-7(12)3-8-4-14/h1-3H2. The summed E-state index contributed by atoms with van der Waals surface area (Å²) in [7, 11) is 0. The third kappa shape index (κ3) is 2.60. The quantitative estimate of drug-likeness (QED) is 0.358. The van der Waals surface area contributed by atoms with Gasteiger partial charge < -0.3 is 0 Å². The van der Waals surface area contributed by atoms with Crippen LogP contribution in [0.5, 0.6) is 0 Å². The first-order chi connectivity index (χ1) is 6.65. The predicted octanol–water partition coefficient (Wildman–Crippen LogP) is -1.33. The number of rotatable bonds is 3. The van der Waals surface area contributed by atoms with Crippen LogP contribution in [0.2, 0.25) is 0 Å². The molecule has 0 radical (unpaired) electrons. The number of nitrogens with zero attached hydrogens (tertiary/aromatic N) is 2. The molecule has 0 aromatic heterocycles. The molecule has 7 heteroatoms. The summed E-state index contributed by atoms with van der Waals surface area (Å²) < 4.78 is 2.26. The van der Waals surface area contributed by atoms with Gasteiger partial charge in [-0.2, -0.15) is 0 Å². The van der Waals surface area contributed by atoms with Crippen LogP contribution in [0.4, 0.5) is 0 Å². The maximum absolute atomic E-state index is 11.0. The monoisotopic (exact) mass is 262 g/mol. The predicted molar refractivity (Wildman–Crippen MR) is 45.2 cm³/mol. The first-order valence-corrected chi connectivity index (χ1v) is 4.61. The third-order valence-corrected chi connectivity index (χ3v) is 1.74. The molecule has 0 N–H and O–H groups in total. The number of carbonyl (C=O) groups is 3. The molecule has 74 valence electrons. The second-order valence-electron chi connectivity index (χ2n) is 2.45. The molecule has 0 atom stereocenters. The molecule has 0 aromatic carbocycles. The molecule has 2 amide bonds. The van der Waals surface area contributed by atoms with Crippen LogP contribution in [-0.4, -0.2) is 49.7 Å². The normalized spacial score (nSPS) is 15.3. The van der Waals surface area contributed by atoms with Crippen molar-refractivity contribution in [2.45, 2.75) is 12.8 Å². The molecule has 0 aromatic rings. The first kappa shape index (κ1) is 10.8. The number of hydroxylamine groups is 2. The summed E-state index contributed by atoms with van der Waals surface area (Å²) in [6.07, 6.45) is 0.173. The van der Waals surface area contributed by atoms with Crippen LogP contribution in [0.1, 0.15) is 12.8 Å². The molecule has 0 saturated carbocycles. The second kappa shape index (κ2) is 4.81. The van der Waals surface area contributed by atoms with Crippen LogP contribution in [0.3, 0.4) is 0 Å². The summed E-state index contributed by atoms with van der Waals surface area (Å²) in [4.78, 5) is 40.8. The Morgan fingerprint density at radius 2 is 2.07 bits per heavy atom. The van der Waals surface area contributed by atoms with E-state index in [0.717, 1.165) is 0 Å². The molecule has 0 spiro atoms. The van der Waals surface area contributed by atoms with E-state index in [9.17, 15) is 14.4 Å². The van der Waals surface area contributed by atoms with E-state index in [1.54, 1.807) is 0 Å². The van der Waals surface area contributed by atoms with E-state index < -0.39 is 17.8 Å². The van der Waals surface area contributed by atoms with Crippen molar-refractivity contribution in [2.75, 3.05) is 6.54 Å². The van der Waals surface area contributed by atoms with Gasteiger partial charge in [0.1, 0.15) is 0 Å². The Hall–Kier alpha value is -1.29. The van der Waals surface area contributed by atoms with Gasteiger partial charge in [-0.1, -0.05) is 0 Å². The fraction of sp³-hybridized carbons (Fsp3) is 0.429. The van der Waals surface area contributed by atoms with Crippen molar-refractivity contribution in [3.8, 4) is 0 Å². The summed E-state index contributed by atoms with van der Waals surface area (Å²) in [5, 5.41) is 0.483. The van der Waals surface area contributed by atoms with E-state index in [1.165, 1.54) is 0 Å². The van der Waals surface area contributed by atoms with Crippen molar-refractivity contribution in [1.29, 1.82) is 0 Å². The minimum absolute atomic E-state index is 0.0864. The molecule has 6 nitrogen and oxygen atoms in total. The molecule has 0 unspecified atom stereocenters. The Morgan fingerprint density at radius 3 is 2.57 bits per heavy atom. The van der Waals surface area contributed by atoms with Gasteiger partial charge in [-0.3, -0.25) is 0 Å². The molecule has 1 rings (SSSR count). The maximum atomic E-state index is 11.0. The van der Waals surface area contributed by atoms with E-state index in [-0.39, 0.29) is 19.4 Å². The third-order valence-electron chi connectivity index (χ3n) is 1.47. The van der Waals surface area contributed by atoms with Crippen LogP contribution in [0, 0.1) is 0 Å². The molecule has 1 saturated heterocycles. The number of hydrogen-bond acceptors (Lipinski definition) is 5. The van der Waals surface area contributed by atoms with E-state index in [2.05, 4.69) is 30.1 Å². The van der Waals surface area contributed by atoms with Gasteiger partial charge >= 0.3 is 86.7 Å². The van der Waals surface area contributed by atoms with E-state index in [0.29, 0.717) is 5.06 Å². The van der Waals surface area contributed by atoms with Gasteiger partial charge in [0.2, 0.25) is 0 Å². The summed E-state index contributed by atoms with van der Waals surface area (Å²) in [5.41, 5.74) is 0. The van der Waals surface area contributed by atoms with E-state index in [4.69, 9.17) is 0 Å². The molecular weight excluding hydrogens is 255 g/mol. The molecule has 1 aliphatic rings. The Bertz CT molecular complexity index is 319. The van der Waals surface area contributed by atoms with Gasteiger partial charge in [-0.05, 0) is 0 Å². The van der Waals surface area contributed by atoms with Gasteiger partial charge in [0.05, 0.1) is 0 Å². The Labute approximate surface area is 87.2 Å². The van der Waals surface area contributed by atoms with Crippen LogP contribution >= 0.6 is 0 Å². The van der Waals surface area contributed by atoms with Crippen molar-refractivity contribution in [2.24, 2.45) is 4.99 Å². The molecule has 0 bridgehead atoms. The topological polar surface area (TPSA) is 76.0 Å². The fourth-order valence-corrected chi connectivity index (χ4v) is 1.02. The number of amides is 2. The van der Waals surface area contributed by atoms with Crippen molar-refractivity contribution >= 4 is 38.1 Å². The van der Waals surface area contributed by atoms with E-state index in [1.807, 2.05) is 0 Å². The number of hydrogen-bond donors (Lipinski definition) is 0. The van der Waals surface area contributed by atoms with Crippen molar-refractivity contribution in [3.63, 3.8) is 0 Å². The minimum atomic E-state index is -0.767. The van der Waals surface area contributed by atoms with Crippen LogP contribution < -0.4 is 0 Å². The molecule has 1 aliphatic heterocycles. The zero-order valence-corrected chi connectivity index (χ0v) is 8.77. The SMILES string of the molecule is O=C(CN=C=[Se])ON1C(=O)CCC1=O. The summed E-state index contributed by atoms with van der Waals surface area (Å²) in [5.74, 6) is -1.77. The Balaban J connectivity index is 2.50. The van der Waals surface area contributed by atoms with E-state index >= 15 is 0 Å². The average Bonchev–Trinajstić information content (AvgIpc) is 2.46. The summed E-state index contributed by atoms with van der Waals surface area (Å²) >= 11 is 2.34. The average molecular weight is 261 g/mol. The molecule has 1 fully saturated rings. The van der Waals surface area contributed by atoms with Crippen LogP contribution in [-0.2, 0) is 19.2 Å². The molecule has 1 heterocycles. The molecular formula is C7H6N2O4Se. The Kier molecular flexibility index (Phi) is 3.71. The van der Waals surface area contributed by atoms with Gasteiger partial charge in [0.25, 0.3) is 0 Å². The summed E-state index contributed by atoms with van der Waals surface area (Å²) in [6.45, 7) is -0.274. The summed E-state index contributed by atoms with van der Waals surface area (Å²) in [6, 6.07) is 0. The van der Waals surface area contributed by atoms with Crippen molar-refractivity contribution in [1.82, 2.24) is 5.06 Å². The Morgan fingerprint density at radius 1 is 1.50 bits per heavy atom.